The van der Waals surface area contributed by atoms with E-state index in [0.717, 1.165) is 0 Å². The maximum atomic E-state index is 10.9. The zero-order valence-electron chi connectivity index (χ0n) is 8.49. The second-order valence-electron chi connectivity index (χ2n) is 3.57. The van der Waals surface area contributed by atoms with Gasteiger partial charge < -0.3 is 10.2 Å². The molecule has 0 amide bonds. The molecule has 4 heteroatoms. The largest absolute Gasteiger partial charge is 0.507 e. The number of carbonyl (C=O) groups is 1. The number of halogens is 1. The molecule has 2 N–H and O–H groups in total. The SMILES string of the molecule is Cc1c(C(=O)O)cc2ccc(Cl)cc2c1O. The summed E-state index contributed by atoms with van der Waals surface area (Å²) in [7, 11) is 0. The molecule has 3 nitrogen and oxygen atoms in total. The summed E-state index contributed by atoms with van der Waals surface area (Å²) < 4.78 is 0. The molecule has 0 bridgehead atoms. The van der Waals surface area contributed by atoms with E-state index < -0.39 is 5.97 Å². The minimum Gasteiger partial charge on any atom is -0.507 e. The lowest BCUT2D eigenvalue weighted by molar-refractivity contribution is 0.0696. The van der Waals surface area contributed by atoms with Crippen LogP contribution in [0.5, 0.6) is 5.75 Å². The Balaban J connectivity index is 2.88. The predicted molar refractivity (Wildman–Crippen MR) is 62.3 cm³/mol. The van der Waals surface area contributed by atoms with E-state index in [0.29, 0.717) is 21.4 Å². The number of rotatable bonds is 1. The Bertz CT molecular complexity index is 590. The minimum atomic E-state index is -1.05. The van der Waals surface area contributed by atoms with Crippen molar-refractivity contribution in [3.63, 3.8) is 0 Å². The number of phenolic OH excluding ortho intramolecular Hbond substituents is 1. The average Bonchev–Trinajstić information content (AvgIpc) is 2.23. The van der Waals surface area contributed by atoms with Crippen molar-refractivity contribution in [1.82, 2.24) is 0 Å². The number of benzene rings is 2. The Morgan fingerprint density at radius 1 is 1.31 bits per heavy atom. The quantitative estimate of drug-likeness (QED) is 0.799. The Morgan fingerprint density at radius 2 is 2.00 bits per heavy atom. The number of carboxylic acid groups (broad SMARTS) is 1. The number of hydrogen-bond donors (Lipinski definition) is 2. The zero-order valence-corrected chi connectivity index (χ0v) is 9.25. The highest BCUT2D eigenvalue weighted by Gasteiger charge is 2.14. The first-order valence-corrected chi connectivity index (χ1v) is 5.03. The first kappa shape index (κ1) is 10.8. The van der Waals surface area contributed by atoms with Crippen molar-refractivity contribution >= 4 is 28.3 Å². The van der Waals surface area contributed by atoms with Crippen molar-refractivity contribution < 1.29 is 15.0 Å². The van der Waals surface area contributed by atoms with Gasteiger partial charge in [0, 0.05) is 16.0 Å². The van der Waals surface area contributed by atoms with E-state index in [2.05, 4.69) is 0 Å². The third-order valence-corrected chi connectivity index (χ3v) is 2.80. The van der Waals surface area contributed by atoms with Crippen LogP contribution in [0, 0.1) is 6.92 Å². The molecule has 82 valence electrons. The van der Waals surface area contributed by atoms with Crippen LogP contribution in [0.1, 0.15) is 15.9 Å². The number of fused-ring (bicyclic) bond motifs is 1. The number of hydrogen-bond acceptors (Lipinski definition) is 2. The highest BCUT2D eigenvalue weighted by Crippen LogP contribution is 2.32. The van der Waals surface area contributed by atoms with E-state index in [4.69, 9.17) is 16.7 Å². The fourth-order valence-corrected chi connectivity index (χ4v) is 1.85. The van der Waals surface area contributed by atoms with Crippen LogP contribution >= 0.6 is 11.6 Å². The molecule has 0 heterocycles. The van der Waals surface area contributed by atoms with Gasteiger partial charge in [0.1, 0.15) is 5.75 Å². The molecule has 0 saturated heterocycles. The minimum absolute atomic E-state index is 0.0302. The summed E-state index contributed by atoms with van der Waals surface area (Å²) in [6.07, 6.45) is 0. The van der Waals surface area contributed by atoms with Gasteiger partial charge in [0.05, 0.1) is 5.56 Å². The van der Waals surface area contributed by atoms with Gasteiger partial charge in [-0.25, -0.2) is 4.79 Å². The molecule has 0 radical (unpaired) electrons. The summed E-state index contributed by atoms with van der Waals surface area (Å²) in [5, 5.41) is 20.6. The molecule has 2 aromatic rings. The fourth-order valence-electron chi connectivity index (χ4n) is 1.67. The second-order valence-corrected chi connectivity index (χ2v) is 4.00. The van der Waals surface area contributed by atoms with E-state index in [-0.39, 0.29) is 11.3 Å². The third kappa shape index (κ3) is 1.59. The van der Waals surface area contributed by atoms with E-state index in [1.54, 1.807) is 25.1 Å². The molecule has 2 rings (SSSR count). The van der Waals surface area contributed by atoms with E-state index in [1.807, 2.05) is 0 Å². The van der Waals surface area contributed by atoms with Gasteiger partial charge in [0.2, 0.25) is 0 Å². The predicted octanol–water partition coefficient (Wildman–Crippen LogP) is 3.21. The van der Waals surface area contributed by atoms with Crippen LogP contribution in [0.2, 0.25) is 5.02 Å². The van der Waals surface area contributed by atoms with Crippen LogP contribution in [-0.2, 0) is 0 Å². The molecule has 0 atom stereocenters. The third-order valence-electron chi connectivity index (χ3n) is 2.56. The fraction of sp³-hybridized carbons (Fsp3) is 0.0833. The van der Waals surface area contributed by atoms with Crippen molar-refractivity contribution in [3.05, 3.63) is 40.4 Å². The Labute approximate surface area is 96.9 Å². The smallest absolute Gasteiger partial charge is 0.336 e. The van der Waals surface area contributed by atoms with Crippen molar-refractivity contribution in [1.29, 1.82) is 0 Å². The first-order chi connectivity index (χ1) is 7.50. The highest BCUT2D eigenvalue weighted by atomic mass is 35.5. The standard InChI is InChI=1S/C12H9ClO3/c1-6-9(12(15)16)4-7-2-3-8(13)5-10(7)11(6)14/h2-5,14H,1H3,(H,15,16). The Kier molecular flexibility index (Phi) is 2.48. The topological polar surface area (TPSA) is 57.5 Å². The molecule has 0 spiro atoms. The number of carboxylic acids is 1. The van der Waals surface area contributed by atoms with Crippen LogP contribution in [0.15, 0.2) is 24.3 Å². The van der Waals surface area contributed by atoms with Crippen LogP contribution < -0.4 is 0 Å². The van der Waals surface area contributed by atoms with Crippen LogP contribution in [0.25, 0.3) is 10.8 Å². The molecular formula is C12H9ClO3. The molecule has 2 aromatic carbocycles. The molecule has 0 unspecified atom stereocenters. The van der Waals surface area contributed by atoms with Crippen LogP contribution in [-0.4, -0.2) is 16.2 Å². The summed E-state index contributed by atoms with van der Waals surface area (Å²) in [5.41, 5.74) is 0.453. The summed E-state index contributed by atoms with van der Waals surface area (Å²) >= 11 is 5.82. The number of aromatic carboxylic acids is 1. The van der Waals surface area contributed by atoms with Gasteiger partial charge in [-0.2, -0.15) is 0 Å². The average molecular weight is 237 g/mol. The lowest BCUT2D eigenvalue weighted by atomic mass is 10.0. The first-order valence-electron chi connectivity index (χ1n) is 4.66. The molecule has 0 aliphatic carbocycles. The maximum Gasteiger partial charge on any atom is 0.336 e. The maximum absolute atomic E-state index is 10.9. The van der Waals surface area contributed by atoms with Gasteiger partial charge in [-0.05, 0) is 30.5 Å². The van der Waals surface area contributed by atoms with Gasteiger partial charge in [0.25, 0.3) is 0 Å². The molecule has 0 aliphatic rings. The summed E-state index contributed by atoms with van der Waals surface area (Å²) in [6.45, 7) is 1.57. The van der Waals surface area contributed by atoms with E-state index >= 15 is 0 Å². The Morgan fingerprint density at radius 3 is 2.62 bits per heavy atom. The zero-order chi connectivity index (χ0) is 11.9. The van der Waals surface area contributed by atoms with Gasteiger partial charge in [-0.1, -0.05) is 17.7 Å². The summed E-state index contributed by atoms with van der Waals surface area (Å²) in [4.78, 5) is 10.9. The van der Waals surface area contributed by atoms with E-state index in [9.17, 15) is 9.90 Å². The summed E-state index contributed by atoms with van der Waals surface area (Å²) in [6, 6.07) is 6.49. The normalized spacial score (nSPS) is 10.6. The van der Waals surface area contributed by atoms with Crippen LogP contribution in [0.3, 0.4) is 0 Å². The summed E-state index contributed by atoms with van der Waals surface area (Å²) in [5.74, 6) is -1.08. The second kappa shape index (κ2) is 3.68. The molecule has 0 saturated carbocycles. The van der Waals surface area contributed by atoms with Gasteiger partial charge in [-0.3, -0.25) is 0 Å². The van der Waals surface area contributed by atoms with Gasteiger partial charge in [0.15, 0.2) is 0 Å². The monoisotopic (exact) mass is 236 g/mol. The number of phenols is 1. The lowest BCUT2D eigenvalue weighted by Crippen LogP contribution is -2.00. The van der Waals surface area contributed by atoms with Gasteiger partial charge >= 0.3 is 5.97 Å². The van der Waals surface area contributed by atoms with Crippen molar-refractivity contribution in [2.45, 2.75) is 6.92 Å². The molecular weight excluding hydrogens is 228 g/mol. The Hall–Kier alpha value is -1.74. The lowest BCUT2D eigenvalue weighted by Gasteiger charge is -2.08. The van der Waals surface area contributed by atoms with E-state index in [1.165, 1.54) is 6.07 Å². The van der Waals surface area contributed by atoms with Gasteiger partial charge in [-0.15, -0.1) is 0 Å². The van der Waals surface area contributed by atoms with Crippen molar-refractivity contribution in [2.75, 3.05) is 0 Å². The molecule has 0 aliphatic heterocycles. The molecule has 0 aromatic heterocycles. The molecule has 0 fully saturated rings. The van der Waals surface area contributed by atoms with Crippen LogP contribution in [0.4, 0.5) is 0 Å². The number of aromatic hydroxyl groups is 1. The van der Waals surface area contributed by atoms with Crippen molar-refractivity contribution in [3.8, 4) is 5.75 Å². The van der Waals surface area contributed by atoms with Crippen molar-refractivity contribution in [2.24, 2.45) is 0 Å². The molecule has 16 heavy (non-hydrogen) atoms. The highest BCUT2D eigenvalue weighted by molar-refractivity contribution is 6.31.